The normalized spacial score (nSPS) is 15.3. The van der Waals surface area contributed by atoms with Crippen LogP contribution in [0.2, 0.25) is 0 Å². The van der Waals surface area contributed by atoms with E-state index in [0.717, 1.165) is 6.42 Å². The number of nitrogens with zero attached hydrogens (tertiary/aromatic N) is 3. The molecule has 1 unspecified atom stereocenters. The summed E-state index contributed by atoms with van der Waals surface area (Å²) in [5.41, 5.74) is 6.21. The highest BCUT2D eigenvalue weighted by Gasteiger charge is 2.27. The summed E-state index contributed by atoms with van der Waals surface area (Å²) in [6, 6.07) is 5.06. The SMILES string of the molecule is CCCC(N)C(=O)N1CCN(C(=O)c2ccc([N+](=O)[O-])cc2)CC1.Cl. The van der Waals surface area contributed by atoms with E-state index in [0.29, 0.717) is 38.2 Å². The second-order valence-corrected chi connectivity index (χ2v) is 5.82. The molecular formula is C16H23ClN4O4. The van der Waals surface area contributed by atoms with Gasteiger partial charge in [-0.3, -0.25) is 19.7 Å². The van der Waals surface area contributed by atoms with Crippen molar-refractivity contribution in [1.82, 2.24) is 9.80 Å². The molecule has 1 saturated heterocycles. The average Bonchev–Trinajstić information content (AvgIpc) is 2.61. The number of nitro groups is 1. The highest BCUT2D eigenvalue weighted by Crippen LogP contribution is 2.15. The molecule has 1 aliphatic heterocycles. The van der Waals surface area contributed by atoms with Crippen molar-refractivity contribution in [1.29, 1.82) is 0 Å². The highest BCUT2D eigenvalue weighted by molar-refractivity contribution is 5.94. The number of benzene rings is 1. The van der Waals surface area contributed by atoms with Crippen molar-refractivity contribution in [2.45, 2.75) is 25.8 Å². The third-order valence-electron chi connectivity index (χ3n) is 4.12. The van der Waals surface area contributed by atoms with E-state index in [1.54, 1.807) is 9.80 Å². The van der Waals surface area contributed by atoms with Crippen LogP contribution >= 0.6 is 12.4 Å². The Morgan fingerprint density at radius 1 is 1.16 bits per heavy atom. The fourth-order valence-electron chi connectivity index (χ4n) is 2.71. The number of hydrogen-bond acceptors (Lipinski definition) is 5. The minimum Gasteiger partial charge on any atom is -0.338 e. The number of piperazine rings is 1. The molecule has 2 amide bonds. The predicted octanol–water partition coefficient (Wildman–Crippen LogP) is 1.43. The summed E-state index contributed by atoms with van der Waals surface area (Å²) < 4.78 is 0. The molecule has 2 N–H and O–H groups in total. The zero-order valence-corrected chi connectivity index (χ0v) is 14.9. The Morgan fingerprint density at radius 2 is 1.68 bits per heavy atom. The lowest BCUT2D eigenvalue weighted by Gasteiger charge is -2.36. The first kappa shape index (κ1) is 20.9. The molecule has 1 atom stereocenters. The number of carbonyl (C=O) groups is 2. The molecule has 0 bridgehead atoms. The quantitative estimate of drug-likeness (QED) is 0.622. The molecule has 0 radical (unpaired) electrons. The summed E-state index contributed by atoms with van der Waals surface area (Å²) in [5, 5.41) is 10.6. The summed E-state index contributed by atoms with van der Waals surface area (Å²) in [5.74, 6) is -0.255. The average molecular weight is 371 g/mol. The number of nitro benzene ring substituents is 1. The lowest BCUT2D eigenvalue weighted by atomic mass is 10.1. The van der Waals surface area contributed by atoms with E-state index in [9.17, 15) is 19.7 Å². The Morgan fingerprint density at radius 3 is 2.16 bits per heavy atom. The third-order valence-corrected chi connectivity index (χ3v) is 4.12. The number of carbonyl (C=O) groups excluding carboxylic acids is 2. The van der Waals surface area contributed by atoms with Crippen LogP contribution in [-0.4, -0.2) is 58.8 Å². The summed E-state index contributed by atoms with van der Waals surface area (Å²) in [6.45, 7) is 3.75. The van der Waals surface area contributed by atoms with Crippen molar-refractivity contribution in [2.75, 3.05) is 26.2 Å². The summed E-state index contributed by atoms with van der Waals surface area (Å²) in [4.78, 5) is 38.1. The smallest absolute Gasteiger partial charge is 0.269 e. The molecule has 1 heterocycles. The molecule has 2 rings (SSSR count). The van der Waals surface area contributed by atoms with Crippen LogP contribution in [0.25, 0.3) is 0 Å². The Kier molecular flexibility index (Phi) is 7.79. The number of non-ortho nitro benzene ring substituents is 1. The molecular weight excluding hydrogens is 348 g/mol. The zero-order chi connectivity index (χ0) is 17.7. The van der Waals surface area contributed by atoms with Gasteiger partial charge in [0.2, 0.25) is 5.91 Å². The predicted molar refractivity (Wildman–Crippen MR) is 95.7 cm³/mol. The van der Waals surface area contributed by atoms with Crippen LogP contribution in [-0.2, 0) is 4.79 Å². The van der Waals surface area contributed by atoms with E-state index < -0.39 is 11.0 Å². The minimum atomic E-state index is -0.502. The van der Waals surface area contributed by atoms with Crippen molar-refractivity contribution in [3.05, 3.63) is 39.9 Å². The van der Waals surface area contributed by atoms with Gasteiger partial charge in [0.15, 0.2) is 0 Å². The lowest BCUT2D eigenvalue weighted by molar-refractivity contribution is -0.384. The van der Waals surface area contributed by atoms with E-state index >= 15 is 0 Å². The van der Waals surface area contributed by atoms with E-state index in [-0.39, 0.29) is 29.9 Å². The molecule has 8 nitrogen and oxygen atoms in total. The number of amides is 2. The van der Waals surface area contributed by atoms with Crippen LogP contribution in [0.3, 0.4) is 0 Å². The molecule has 0 saturated carbocycles. The molecule has 0 aromatic heterocycles. The van der Waals surface area contributed by atoms with Crippen LogP contribution < -0.4 is 5.73 Å². The van der Waals surface area contributed by atoms with E-state index in [1.807, 2.05) is 6.92 Å². The monoisotopic (exact) mass is 370 g/mol. The highest BCUT2D eigenvalue weighted by atomic mass is 35.5. The number of rotatable bonds is 5. The van der Waals surface area contributed by atoms with Gasteiger partial charge < -0.3 is 15.5 Å². The van der Waals surface area contributed by atoms with Gasteiger partial charge in [0, 0.05) is 43.9 Å². The van der Waals surface area contributed by atoms with Gasteiger partial charge in [-0.25, -0.2) is 0 Å². The van der Waals surface area contributed by atoms with E-state index in [2.05, 4.69) is 0 Å². The van der Waals surface area contributed by atoms with Gasteiger partial charge in [-0.2, -0.15) is 0 Å². The van der Waals surface area contributed by atoms with Crippen molar-refractivity contribution in [3.8, 4) is 0 Å². The Bertz CT molecular complexity index is 615. The molecule has 0 spiro atoms. The molecule has 138 valence electrons. The summed E-state index contributed by atoms with van der Waals surface area (Å²) in [7, 11) is 0. The second-order valence-electron chi connectivity index (χ2n) is 5.82. The lowest BCUT2D eigenvalue weighted by Crippen LogP contribution is -2.54. The molecule has 9 heteroatoms. The first-order valence-corrected chi connectivity index (χ1v) is 8.02. The minimum absolute atomic E-state index is 0. The maximum Gasteiger partial charge on any atom is 0.269 e. The molecule has 1 aromatic carbocycles. The molecule has 1 aliphatic rings. The van der Waals surface area contributed by atoms with Crippen molar-refractivity contribution in [2.24, 2.45) is 5.73 Å². The van der Waals surface area contributed by atoms with Crippen LogP contribution in [0.5, 0.6) is 0 Å². The largest absolute Gasteiger partial charge is 0.338 e. The Labute approximate surface area is 152 Å². The number of hydrogen-bond donors (Lipinski definition) is 1. The van der Waals surface area contributed by atoms with Crippen molar-refractivity contribution < 1.29 is 14.5 Å². The summed E-state index contributed by atoms with van der Waals surface area (Å²) >= 11 is 0. The van der Waals surface area contributed by atoms with Gasteiger partial charge in [-0.15, -0.1) is 12.4 Å². The molecule has 1 fully saturated rings. The fraction of sp³-hybridized carbons (Fsp3) is 0.500. The van der Waals surface area contributed by atoms with Crippen LogP contribution in [0, 0.1) is 10.1 Å². The third kappa shape index (κ3) is 5.14. The molecule has 1 aromatic rings. The van der Waals surface area contributed by atoms with E-state index in [1.165, 1.54) is 24.3 Å². The van der Waals surface area contributed by atoms with Gasteiger partial charge in [0.1, 0.15) is 0 Å². The van der Waals surface area contributed by atoms with E-state index in [4.69, 9.17) is 5.73 Å². The maximum atomic E-state index is 12.4. The first-order valence-electron chi connectivity index (χ1n) is 8.02. The maximum absolute atomic E-state index is 12.4. The molecule has 25 heavy (non-hydrogen) atoms. The second kappa shape index (κ2) is 9.33. The van der Waals surface area contributed by atoms with Gasteiger partial charge >= 0.3 is 0 Å². The van der Waals surface area contributed by atoms with Gasteiger partial charge in [0.05, 0.1) is 11.0 Å². The summed E-state index contributed by atoms with van der Waals surface area (Å²) in [6.07, 6.45) is 1.51. The van der Waals surface area contributed by atoms with Crippen LogP contribution in [0.4, 0.5) is 5.69 Å². The number of halogens is 1. The Balaban J connectivity index is 0.00000312. The van der Waals surface area contributed by atoms with Crippen LogP contribution in [0.1, 0.15) is 30.1 Å². The van der Waals surface area contributed by atoms with Gasteiger partial charge in [0.25, 0.3) is 11.6 Å². The van der Waals surface area contributed by atoms with Gasteiger partial charge in [-0.1, -0.05) is 13.3 Å². The van der Waals surface area contributed by atoms with Crippen LogP contribution in [0.15, 0.2) is 24.3 Å². The topological polar surface area (TPSA) is 110 Å². The standard InChI is InChI=1S/C16H22N4O4.ClH/c1-2-3-14(17)16(22)19-10-8-18(9-11-19)15(21)12-4-6-13(7-5-12)20(23)24;/h4-7,14H,2-3,8-11,17H2,1H3;1H. The van der Waals surface area contributed by atoms with Gasteiger partial charge in [-0.05, 0) is 18.6 Å². The van der Waals surface area contributed by atoms with Crippen molar-refractivity contribution >= 4 is 29.9 Å². The zero-order valence-electron chi connectivity index (χ0n) is 14.1. The molecule has 0 aliphatic carbocycles. The number of nitrogens with two attached hydrogens (primary N) is 1. The Hall–Kier alpha value is -2.19. The first-order chi connectivity index (χ1) is 11.4. The fourth-order valence-corrected chi connectivity index (χ4v) is 2.71. The van der Waals surface area contributed by atoms with Crippen molar-refractivity contribution in [3.63, 3.8) is 0 Å².